The molecule has 0 saturated carbocycles. The molecule has 1 aliphatic heterocycles. The summed E-state index contributed by atoms with van der Waals surface area (Å²) >= 11 is 0. The van der Waals surface area contributed by atoms with Crippen molar-refractivity contribution in [3.63, 3.8) is 0 Å². The monoisotopic (exact) mass is 387 g/mol. The van der Waals surface area contributed by atoms with Crippen LogP contribution in [0.1, 0.15) is 30.9 Å². The standard InChI is InChI=1S/C17H21NO5S.ClH/c1-2-3-11-8-16(20)23-17-13(11)4-5-15(19)14(17)9-18-12-6-7-24(21,22)10-12;/h4-5,8,12,18-19H,2-3,6-7,9-10H2,1H3;1H. The summed E-state index contributed by atoms with van der Waals surface area (Å²) in [7, 11) is -2.94. The number of sulfone groups is 1. The van der Waals surface area contributed by atoms with Crippen molar-refractivity contribution in [3.8, 4) is 5.75 Å². The summed E-state index contributed by atoms with van der Waals surface area (Å²) in [5.74, 6) is 0.436. The van der Waals surface area contributed by atoms with E-state index in [1.54, 1.807) is 12.1 Å². The van der Waals surface area contributed by atoms with Crippen LogP contribution in [0, 0.1) is 0 Å². The number of benzene rings is 1. The van der Waals surface area contributed by atoms with Gasteiger partial charge in [-0.25, -0.2) is 13.2 Å². The Balaban J connectivity index is 0.00000225. The second kappa shape index (κ2) is 7.76. The molecule has 138 valence electrons. The van der Waals surface area contributed by atoms with Gasteiger partial charge in [-0.3, -0.25) is 0 Å². The van der Waals surface area contributed by atoms with E-state index in [2.05, 4.69) is 0 Å². The summed E-state index contributed by atoms with van der Waals surface area (Å²) in [5, 5.41) is 12.9. The lowest BCUT2D eigenvalue weighted by Gasteiger charge is -2.12. The van der Waals surface area contributed by atoms with Gasteiger partial charge in [0.1, 0.15) is 24.1 Å². The molecule has 8 heteroatoms. The summed E-state index contributed by atoms with van der Waals surface area (Å²) in [5.41, 5.74) is 1.43. The fraction of sp³-hybridized carbons (Fsp3) is 0.471. The number of halogens is 1. The van der Waals surface area contributed by atoms with Crippen molar-refractivity contribution >= 4 is 20.8 Å². The van der Waals surface area contributed by atoms with Crippen molar-refractivity contribution in [2.24, 2.45) is 0 Å². The number of fused-ring (bicyclic) bond motifs is 1. The van der Waals surface area contributed by atoms with E-state index in [0.717, 1.165) is 23.8 Å². The van der Waals surface area contributed by atoms with E-state index in [-0.39, 0.29) is 35.7 Å². The summed E-state index contributed by atoms with van der Waals surface area (Å²) < 4.78 is 28.5. The minimum atomic E-state index is -2.94. The van der Waals surface area contributed by atoms with Gasteiger partial charge in [0.05, 0.1) is 11.3 Å². The predicted molar refractivity (Wildman–Crippen MR) is 90.8 cm³/mol. The third-order valence-corrected chi connectivity index (χ3v) is 6.31. The molecule has 2 aromatic rings. The van der Waals surface area contributed by atoms with Gasteiger partial charge in [-0.15, -0.1) is 0 Å². The summed E-state index contributed by atoms with van der Waals surface area (Å²) in [6, 6.07) is 4.85. The highest BCUT2D eigenvalue weighted by Gasteiger charge is 2.30. The molecule has 1 atom stereocenters. The molecular weight excluding hydrogens is 366 g/mol. The van der Waals surface area contributed by atoms with Gasteiger partial charge in [0, 0.05) is 17.9 Å². The molecule has 25 heavy (non-hydrogen) atoms. The highest BCUT2D eigenvalue weighted by atomic mass is 35.5. The highest BCUT2D eigenvalue weighted by molar-refractivity contribution is 7.91. The third kappa shape index (κ3) is 4.34. The van der Waals surface area contributed by atoms with Gasteiger partial charge < -0.3 is 27.2 Å². The van der Waals surface area contributed by atoms with E-state index in [9.17, 15) is 18.3 Å². The number of hydrogen-bond acceptors (Lipinski definition) is 5. The predicted octanol–water partition coefficient (Wildman–Crippen LogP) is -2.29. The molecule has 0 amide bonds. The molecule has 1 saturated heterocycles. The summed E-state index contributed by atoms with van der Waals surface area (Å²) in [6.45, 7) is 2.41. The molecule has 1 aromatic heterocycles. The number of aromatic hydroxyl groups is 1. The van der Waals surface area contributed by atoms with E-state index in [0.29, 0.717) is 24.1 Å². The number of rotatable bonds is 5. The van der Waals surface area contributed by atoms with Crippen molar-refractivity contribution in [3.05, 3.63) is 39.7 Å². The molecule has 1 aliphatic rings. The van der Waals surface area contributed by atoms with Crippen LogP contribution in [-0.4, -0.2) is 31.1 Å². The van der Waals surface area contributed by atoms with Crippen molar-refractivity contribution < 1.29 is 35.7 Å². The first-order valence-corrected chi connectivity index (χ1v) is 10.0. The third-order valence-electron chi connectivity index (χ3n) is 4.52. The van der Waals surface area contributed by atoms with Crippen LogP contribution in [0.5, 0.6) is 5.75 Å². The van der Waals surface area contributed by atoms with E-state index in [1.165, 1.54) is 6.07 Å². The van der Waals surface area contributed by atoms with Gasteiger partial charge in [-0.2, -0.15) is 0 Å². The van der Waals surface area contributed by atoms with Crippen LogP contribution in [0.25, 0.3) is 11.0 Å². The average Bonchev–Trinajstić information content (AvgIpc) is 2.85. The zero-order chi connectivity index (χ0) is 17.3. The molecule has 0 bridgehead atoms. The zero-order valence-corrected chi connectivity index (χ0v) is 15.6. The molecule has 2 heterocycles. The normalized spacial score (nSPS) is 19.0. The maximum atomic E-state index is 11.9. The first-order chi connectivity index (χ1) is 11.4. The molecule has 3 N–H and O–H groups in total. The molecule has 0 radical (unpaired) electrons. The number of aryl methyl sites for hydroxylation is 1. The second-order valence-electron chi connectivity index (χ2n) is 6.38. The molecule has 1 aromatic carbocycles. The lowest BCUT2D eigenvalue weighted by Crippen LogP contribution is -3.00. The van der Waals surface area contributed by atoms with Crippen molar-refractivity contribution in [2.45, 2.75) is 38.8 Å². The first kappa shape index (κ1) is 19.8. The molecular formula is C17H22ClNO5S. The van der Waals surface area contributed by atoms with Gasteiger partial charge in [0.15, 0.2) is 15.4 Å². The number of nitrogens with two attached hydrogens (primary N) is 1. The number of phenols is 1. The minimum absolute atomic E-state index is 0. The largest absolute Gasteiger partial charge is 1.00 e. The van der Waals surface area contributed by atoms with Gasteiger partial charge in [0.25, 0.3) is 0 Å². The van der Waals surface area contributed by atoms with Crippen LogP contribution >= 0.6 is 0 Å². The van der Waals surface area contributed by atoms with E-state index in [1.807, 2.05) is 12.2 Å². The number of phenolic OH excluding ortho intramolecular Hbond substituents is 1. The van der Waals surface area contributed by atoms with E-state index in [4.69, 9.17) is 4.42 Å². The van der Waals surface area contributed by atoms with E-state index < -0.39 is 15.5 Å². The Hall–Kier alpha value is -1.57. The SMILES string of the molecule is CCCc1cc(=O)oc2c(C[NH2+]C3CCS(=O)(=O)C3)c(O)ccc12.[Cl-]. The molecule has 0 aliphatic carbocycles. The topological polar surface area (TPSA) is 101 Å². The Morgan fingerprint density at radius 1 is 1.36 bits per heavy atom. The highest BCUT2D eigenvalue weighted by Crippen LogP contribution is 2.28. The van der Waals surface area contributed by atoms with Crippen molar-refractivity contribution in [1.29, 1.82) is 0 Å². The molecule has 6 nitrogen and oxygen atoms in total. The van der Waals surface area contributed by atoms with Gasteiger partial charge in [-0.05, 0) is 24.1 Å². The van der Waals surface area contributed by atoms with Crippen LogP contribution in [0.2, 0.25) is 0 Å². The summed E-state index contributed by atoms with van der Waals surface area (Å²) in [4.78, 5) is 11.9. The molecule has 1 fully saturated rings. The van der Waals surface area contributed by atoms with E-state index >= 15 is 0 Å². The minimum Gasteiger partial charge on any atom is -1.00 e. The Kier molecular flexibility index (Phi) is 6.13. The van der Waals surface area contributed by atoms with Crippen LogP contribution < -0.4 is 23.3 Å². The fourth-order valence-electron chi connectivity index (χ4n) is 3.30. The number of quaternary nitrogens is 1. The average molecular weight is 388 g/mol. The van der Waals surface area contributed by atoms with Crippen molar-refractivity contribution in [1.82, 2.24) is 0 Å². The fourth-order valence-corrected chi connectivity index (χ4v) is 5.09. The number of hydrogen-bond donors (Lipinski definition) is 2. The van der Waals surface area contributed by atoms with Gasteiger partial charge in [-0.1, -0.05) is 13.3 Å². The zero-order valence-electron chi connectivity index (χ0n) is 14.0. The maximum absolute atomic E-state index is 11.9. The molecule has 3 rings (SSSR count). The Morgan fingerprint density at radius 3 is 2.76 bits per heavy atom. The Labute approximate surface area is 152 Å². The summed E-state index contributed by atoms with van der Waals surface area (Å²) in [6.07, 6.45) is 2.27. The molecule has 1 unspecified atom stereocenters. The lowest BCUT2D eigenvalue weighted by atomic mass is 10.0. The second-order valence-corrected chi connectivity index (χ2v) is 8.61. The maximum Gasteiger partial charge on any atom is 0.336 e. The molecule has 0 spiro atoms. The smallest absolute Gasteiger partial charge is 0.336 e. The Bertz CT molecular complexity index is 923. The van der Waals surface area contributed by atoms with Crippen molar-refractivity contribution in [2.75, 3.05) is 11.5 Å². The Morgan fingerprint density at radius 2 is 2.12 bits per heavy atom. The quantitative estimate of drug-likeness (QED) is 0.562. The van der Waals surface area contributed by atoms with Crippen LogP contribution in [0.3, 0.4) is 0 Å². The van der Waals surface area contributed by atoms with Gasteiger partial charge >= 0.3 is 5.63 Å². The first-order valence-electron chi connectivity index (χ1n) is 8.21. The lowest BCUT2D eigenvalue weighted by molar-refractivity contribution is -0.699. The van der Waals surface area contributed by atoms with Crippen LogP contribution in [-0.2, 0) is 22.8 Å². The van der Waals surface area contributed by atoms with Crippen LogP contribution in [0.15, 0.2) is 27.4 Å². The van der Waals surface area contributed by atoms with Gasteiger partial charge in [0.2, 0.25) is 0 Å². The van der Waals surface area contributed by atoms with Crippen LogP contribution in [0.4, 0.5) is 0 Å².